The summed E-state index contributed by atoms with van der Waals surface area (Å²) in [5, 5.41) is 6.99. The molecule has 0 amide bonds. The van der Waals surface area contributed by atoms with Gasteiger partial charge in [-0.25, -0.2) is 0 Å². The van der Waals surface area contributed by atoms with Crippen LogP contribution in [0, 0.1) is 5.92 Å². The lowest BCUT2D eigenvalue weighted by Crippen LogP contribution is -2.44. The summed E-state index contributed by atoms with van der Waals surface area (Å²) in [5.74, 6) is 0.284. The minimum atomic E-state index is -3.38. The molecule has 7 heteroatoms. The summed E-state index contributed by atoms with van der Waals surface area (Å²) >= 11 is 0. The van der Waals surface area contributed by atoms with Crippen LogP contribution in [0.4, 0.5) is 0 Å². The van der Waals surface area contributed by atoms with E-state index in [0.717, 1.165) is 17.7 Å². The molecule has 2 rings (SSSR count). The first-order chi connectivity index (χ1) is 8.98. The lowest BCUT2D eigenvalue weighted by molar-refractivity contribution is 0.319. The topological polar surface area (TPSA) is 69.3 Å². The number of H-pyrrole nitrogens is 1. The zero-order chi connectivity index (χ0) is 14.0. The van der Waals surface area contributed by atoms with Gasteiger partial charge < -0.3 is 0 Å². The van der Waals surface area contributed by atoms with Gasteiger partial charge in [0.2, 0.25) is 0 Å². The molecule has 108 valence electrons. The second kappa shape index (κ2) is 5.60. The van der Waals surface area contributed by atoms with Crippen LogP contribution >= 0.6 is 0 Å². The van der Waals surface area contributed by atoms with E-state index < -0.39 is 10.2 Å². The second-order valence-corrected chi connectivity index (χ2v) is 7.00. The van der Waals surface area contributed by atoms with E-state index >= 15 is 0 Å². The maximum absolute atomic E-state index is 12.6. The fourth-order valence-electron chi connectivity index (χ4n) is 2.55. The third-order valence-electron chi connectivity index (χ3n) is 3.58. The highest BCUT2D eigenvalue weighted by Gasteiger charge is 2.32. The predicted molar refractivity (Wildman–Crippen MR) is 73.7 cm³/mol. The van der Waals surface area contributed by atoms with Crippen LogP contribution in [0.5, 0.6) is 0 Å². The summed E-state index contributed by atoms with van der Waals surface area (Å²) in [6.45, 7) is 7.78. The number of hydrogen-bond donors (Lipinski definition) is 1. The van der Waals surface area contributed by atoms with E-state index in [2.05, 4.69) is 17.1 Å². The third kappa shape index (κ3) is 2.82. The fraction of sp³-hybridized carbons (Fsp3) is 0.750. The molecule has 0 fully saturated rings. The van der Waals surface area contributed by atoms with Crippen molar-refractivity contribution in [2.75, 3.05) is 19.6 Å². The van der Waals surface area contributed by atoms with E-state index in [9.17, 15) is 8.42 Å². The molecule has 1 atom stereocenters. The summed E-state index contributed by atoms with van der Waals surface area (Å²) in [6, 6.07) is 0. The Balaban J connectivity index is 2.30. The quantitative estimate of drug-likeness (QED) is 0.897. The molecule has 1 aliphatic rings. The predicted octanol–water partition coefficient (Wildman–Crippen LogP) is 0.990. The van der Waals surface area contributed by atoms with Crippen molar-refractivity contribution in [3.63, 3.8) is 0 Å². The molecule has 1 aliphatic heterocycles. The molecule has 0 saturated heterocycles. The van der Waals surface area contributed by atoms with Crippen LogP contribution in [0.3, 0.4) is 0 Å². The average Bonchev–Trinajstić information content (AvgIpc) is 2.70. The molecule has 2 heterocycles. The van der Waals surface area contributed by atoms with E-state index in [1.165, 1.54) is 4.31 Å². The number of nitrogens with one attached hydrogen (secondary N) is 1. The summed E-state index contributed by atoms with van der Waals surface area (Å²) in [5.41, 5.74) is 2.05. The van der Waals surface area contributed by atoms with E-state index in [1.54, 1.807) is 10.5 Å². The lowest BCUT2D eigenvalue weighted by Gasteiger charge is -2.28. The van der Waals surface area contributed by atoms with Crippen LogP contribution in [0.15, 0.2) is 6.20 Å². The Morgan fingerprint density at radius 1 is 1.47 bits per heavy atom. The van der Waals surface area contributed by atoms with Crippen LogP contribution in [-0.4, -0.2) is 46.9 Å². The molecule has 1 unspecified atom stereocenters. The second-order valence-electron chi connectivity index (χ2n) is 5.07. The smallest absolute Gasteiger partial charge is 0.282 e. The SMILES string of the molecule is CCN(CC)S(=O)(=O)N1Cc2cn[nH]c2CC(C)C1. The molecule has 0 bridgehead atoms. The molecular formula is C12H22N4O2S. The molecule has 0 spiro atoms. The molecular weight excluding hydrogens is 264 g/mol. The molecule has 1 aromatic heterocycles. The van der Waals surface area contributed by atoms with Gasteiger partial charge in [-0.05, 0) is 12.3 Å². The number of aromatic amines is 1. The van der Waals surface area contributed by atoms with Crippen molar-refractivity contribution in [3.8, 4) is 0 Å². The standard InChI is InChI=1S/C12H22N4O2S/c1-4-15(5-2)19(17,18)16-8-10(3)6-12-11(9-16)7-13-14-12/h7,10H,4-6,8-9H2,1-3H3,(H,13,14). The first kappa shape index (κ1) is 14.5. The monoisotopic (exact) mass is 286 g/mol. The number of aromatic nitrogens is 2. The molecule has 0 aliphatic carbocycles. The van der Waals surface area contributed by atoms with Gasteiger partial charge in [-0.1, -0.05) is 20.8 Å². The van der Waals surface area contributed by atoms with Gasteiger partial charge in [0.05, 0.1) is 6.20 Å². The molecule has 1 N–H and O–H groups in total. The van der Waals surface area contributed by atoms with Crippen molar-refractivity contribution >= 4 is 10.2 Å². The van der Waals surface area contributed by atoms with Gasteiger partial charge in [-0.2, -0.15) is 22.1 Å². The van der Waals surface area contributed by atoms with Gasteiger partial charge >= 0.3 is 0 Å². The lowest BCUT2D eigenvalue weighted by atomic mass is 10.1. The normalized spacial score (nSPS) is 21.4. The number of rotatable bonds is 4. The first-order valence-electron chi connectivity index (χ1n) is 6.75. The Kier molecular flexibility index (Phi) is 4.27. The third-order valence-corrected chi connectivity index (χ3v) is 5.68. The van der Waals surface area contributed by atoms with Crippen LogP contribution in [-0.2, 0) is 23.2 Å². The van der Waals surface area contributed by atoms with Crippen molar-refractivity contribution in [2.45, 2.75) is 33.7 Å². The average molecular weight is 286 g/mol. The minimum Gasteiger partial charge on any atom is -0.282 e. The first-order valence-corrected chi connectivity index (χ1v) is 8.15. The van der Waals surface area contributed by atoms with Gasteiger partial charge in [0.15, 0.2) is 0 Å². The summed E-state index contributed by atoms with van der Waals surface area (Å²) < 4.78 is 28.3. The Bertz CT molecular complexity index is 522. The van der Waals surface area contributed by atoms with Gasteiger partial charge in [0.1, 0.15) is 0 Å². The number of nitrogens with zero attached hydrogens (tertiary/aromatic N) is 3. The molecule has 19 heavy (non-hydrogen) atoms. The minimum absolute atomic E-state index is 0.284. The zero-order valence-corrected chi connectivity index (χ0v) is 12.6. The van der Waals surface area contributed by atoms with Crippen LogP contribution in [0.25, 0.3) is 0 Å². The molecule has 1 aromatic rings. The number of hydrogen-bond acceptors (Lipinski definition) is 3. The largest absolute Gasteiger partial charge is 0.282 e. The van der Waals surface area contributed by atoms with Crippen molar-refractivity contribution in [2.24, 2.45) is 5.92 Å². The highest BCUT2D eigenvalue weighted by molar-refractivity contribution is 7.86. The van der Waals surface area contributed by atoms with Crippen LogP contribution < -0.4 is 0 Å². The Morgan fingerprint density at radius 3 is 2.79 bits per heavy atom. The van der Waals surface area contributed by atoms with E-state index in [-0.39, 0.29) is 5.92 Å². The highest BCUT2D eigenvalue weighted by Crippen LogP contribution is 2.23. The van der Waals surface area contributed by atoms with Crippen molar-refractivity contribution < 1.29 is 8.42 Å². The van der Waals surface area contributed by atoms with E-state index in [4.69, 9.17) is 0 Å². The van der Waals surface area contributed by atoms with Crippen molar-refractivity contribution in [3.05, 3.63) is 17.5 Å². The maximum Gasteiger partial charge on any atom is 0.282 e. The van der Waals surface area contributed by atoms with Gasteiger partial charge in [0, 0.05) is 37.4 Å². The molecule has 6 nitrogen and oxygen atoms in total. The van der Waals surface area contributed by atoms with Crippen molar-refractivity contribution in [1.82, 2.24) is 18.8 Å². The van der Waals surface area contributed by atoms with Crippen LogP contribution in [0.2, 0.25) is 0 Å². The number of fused-ring (bicyclic) bond motifs is 1. The van der Waals surface area contributed by atoms with E-state index in [0.29, 0.717) is 26.2 Å². The van der Waals surface area contributed by atoms with Gasteiger partial charge in [-0.15, -0.1) is 0 Å². The molecule has 0 saturated carbocycles. The fourth-order valence-corrected chi connectivity index (χ4v) is 4.28. The Hall–Kier alpha value is -0.920. The maximum atomic E-state index is 12.6. The Labute approximate surface area is 115 Å². The summed E-state index contributed by atoms with van der Waals surface area (Å²) in [4.78, 5) is 0. The summed E-state index contributed by atoms with van der Waals surface area (Å²) in [7, 11) is -3.38. The highest BCUT2D eigenvalue weighted by atomic mass is 32.2. The van der Waals surface area contributed by atoms with Crippen LogP contribution in [0.1, 0.15) is 32.0 Å². The van der Waals surface area contributed by atoms with Gasteiger partial charge in [0.25, 0.3) is 10.2 Å². The Morgan fingerprint density at radius 2 is 2.16 bits per heavy atom. The molecule has 0 radical (unpaired) electrons. The van der Waals surface area contributed by atoms with Gasteiger partial charge in [-0.3, -0.25) is 5.10 Å². The zero-order valence-electron chi connectivity index (χ0n) is 11.8. The summed E-state index contributed by atoms with van der Waals surface area (Å²) in [6.07, 6.45) is 2.58. The molecule has 0 aromatic carbocycles. The van der Waals surface area contributed by atoms with E-state index in [1.807, 2.05) is 13.8 Å². The van der Waals surface area contributed by atoms with Crippen molar-refractivity contribution in [1.29, 1.82) is 0 Å².